The number of rotatable bonds is 3. The maximum Gasteiger partial charge on any atom is 0.133 e. The molecule has 2 aromatic carbocycles. The minimum Gasteiger partial charge on any atom is -0.314 e. The first-order chi connectivity index (χ1) is 10.6. The SMILES string of the molecule is CC(c1ccc(-c2ccc(F)cc2F)cc1)N1CCNCC1. The molecule has 0 radical (unpaired) electrons. The van der Waals surface area contributed by atoms with Gasteiger partial charge in [0.25, 0.3) is 0 Å². The van der Waals surface area contributed by atoms with Gasteiger partial charge in [-0.3, -0.25) is 4.90 Å². The molecule has 3 rings (SSSR count). The fourth-order valence-corrected chi connectivity index (χ4v) is 2.95. The van der Waals surface area contributed by atoms with E-state index in [1.165, 1.54) is 17.7 Å². The minimum atomic E-state index is -0.551. The monoisotopic (exact) mass is 302 g/mol. The van der Waals surface area contributed by atoms with Gasteiger partial charge in [0.15, 0.2) is 0 Å². The lowest BCUT2D eigenvalue weighted by Gasteiger charge is -2.33. The highest BCUT2D eigenvalue weighted by atomic mass is 19.1. The van der Waals surface area contributed by atoms with Crippen LogP contribution >= 0.6 is 0 Å². The molecule has 116 valence electrons. The van der Waals surface area contributed by atoms with E-state index in [0.29, 0.717) is 11.6 Å². The molecular formula is C18H20F2N2. The average Bonchev–Trinajstić information content (AvgIpc) is 2.55. The molecule has 1 saturated heterocycles. The number of hydrogen-bond donors (Lipinski definition) is 1. The van der Waals surface area contributed by atoms with E-state index in [1.54, 1.807) is 0 Å². The van der Waals surface area contributed by atoms with E-state index < -0.39 is 11.6 Å². The van der Waals surface area contributed by atoms with Gasteiger partial charge in [0.2, 0.25) is 0 Å². The highest BCUT2D eigenvalue weighted by Crippen LogP contribution is 2.27. The zero-order valence-corrected chi connectivity index (χ0v) is 12.7. The number of hydrogen-bond acceptors (Lipinski definition) is 2. The van der Waals surface area contributed by atoms with Crippen LogP contribution in [0.4, 0.5) is 8.78 Å². The van der Waals surface area contributed by atoms with E-state index in [1.807, 2.05) is 24.3 Å². The average molecular weight is 302 g/mol. The Labute approximate surface area is 129 Å². The second kappa shape index (κ2) is 6.55. The summed E-state index contributed by atoms with van der Waals surface area (Å²) in [5, 5.41) is 3.35. The van der Waals surface area contributed by atoms with Crippen LogP contribution in [0.1, 0.15) is 18.5 Å². The highest BCUT2D eigenvalue weighted by molar-refractivity contribution is 5.64. The third-order valence-corrected chi connectivity index (χ3v) is 4.33. The summed E-state index contributed by atoms with van der Waals surface area (Å²) < 4.78 is 26.8. The second-order valence-electron chi connectivity index (χ2n) is 5.71. The van der Waals surface area contributed by atoms with Crippen LogP contribution in [0.2, 0.25) is 0 Å². The molecule has 1 N–H and O–H groups in total. The molecule has 1 aliphatic heterocycles. The van der Waals surface area contributed by atoms with E-state index in [0.717, 1.165) is 37.8 Å². The number of nitrogens with one attached hydrogen (secondary N) is 1. The molecule has 1 aliphatic rings. The largest absolute Gasteiger partial charge is 0.314 e. The summed E-state index contributed by atoms with van der Waals surface area (Å²) in [5.74, 6) is -1.08. The van der Waals surface area contributed by atoms with E-state index in [-0.39, 0.29) is 0 Å². The summed E-state index contributed by atoms with van der Waals surface area (Å²) in [6, 6.07) is 11.9. The number of nitrogens with zero attached hydrogens (tertiary/aromatic N) is 1. The normalized spacial score (nSPS) is 17.4. The van der Waals surface area contributed by atoms with Gasteiger partial charge in [-0.2, -0.15) is 0 Å². The maximum atomic E-state index is 13.8. The molecule has 0 spiro atoms. The molecule has 0 amide bonds. The second-order valence-corrected chi connectivity index (χ2v) is 5.71. The lowest BCUT2D eigenvalue weighted by Crippen LogP contribution is -2.44. The predicted molar refractivity (Wildman–Crippen MR) is 84.7 cm³/mol. The first-order valence-corrected chi connectivity index (χ1v) is 7.65. The summed E-state index contributed by atoms with van der Waals surface area (Å²) in [4.78, 5) is 2.43. The van der Waals surface area contributed by atoms with Crippen molar-refractivity contribution >= 4 is 0 Å². The highest BCUT2D eigenvalue weighted by Gasteiger charge is 2.18. The van der Waals surface area contributed by atoms with Crippen molar-refractivity contribution < 1.29 is 8.78 Å². The molecule has 1 heterocycles. The smallest absolute Gasteiger partial charge is 0.133 e. The van der Waals surface area contributed by atoms with E-state index in [9.17, 15) is 8.78 Å². The van der Waals surface area contributed by atoms with Crippen molar-refractivity contribution in [3.63, 3.8) is 0 Å². The van der Waals surface area contributed by atoms with Crippen molar-refractivity contribution in [2.45, 2.75) is 13.0 Å². The molecule has 4 heteroatoms. The van der Waals surface area contributed by atoms with Gasteiger partial charge < -0.3 is 5.32 Å². The van der Waals surface area contributed by atoms with Crippen molar-refractivity contribution in [3.05, 3.63) is 59.7 Å². The molecule has 0 bridgehead atoms. The zero-order chi connectivity index (χ0) is 15.5. The van der Waals surface area contributed by atoms with Crippen molar-refractivity contribution in [1.82, 2.24) is 10.2 Å². The van der Waals surface area contributed by atoms with Crippen LogP contribution in [0.5, 0.6) is 0 Å². The third-order valence-electron chi connectivity index (χ3n) is 4.33. The number of benzene rings is 2. The van der Waals surface area contributed by atoms with Crippen LogP contribution in [0, 0.1) is 11.6 Å². The molecule has 0 saturated carbocycles. The Bertz CT molecular complexity index is 634. The molecule has 2 aromatic rings. The Hall–Kier alpha value is -1.78. The van der Waals surface area contributed by atoms with Crippen LogP contribution < -0.4 is 5.32 Å². The Morgan fingerprint density at radius 3 is 2.32 bits per heavy atom. The zero-order valence-electron chi connectivity index (χ0n) is 12.7. The maximum absolute atomic E-state index is 13.8. The van der Waals surface area contributed by atoms with Gasteiger partial charge in [0.1, 0.15) is 11.6 Å². The van der Waals surface area contributed by atoms with E-state index in [2.05, 4.69) is 17.1 Å². The Morgan fingerprint density at radius 1 is 1.00 bits per heavy atom. The first kappa shape index (κ1) is 15.1. The van der Waals surface area contributed by atoms with Crippen molar-refractivity contribution in [2.24, 2.45) is 0 Å². The van der Waals surface area contributed by atoms with Crippen molar-refractivity contribution in [1.29, 1.82) is 0 Å². The Balaban J connectivity index is 1.80. The topological polar surface area (TPSA) is 15.3 Å². The molecule has 1 fully saturated rings. The Morgan fingerprint density at radius 2 is 1.68 bits per heavy atom. The van der Waals surface area contributed by atoms with Gasteiger partial charge in [-0.1, -0.05) is 24.3 Å². The fourth-order valence-electron chi connectivity index (χ4n) is 2.95. The summed E-state index contributed by atoms with van der Waals surface area (Å²) in [6.45, 7) is 6.30. The van der Waals surface area contributed by atoms with Gasteiger partial charge in [0, 0.05) is 43.9 Å². The summed E-state index contributed by atoms with van der Waals surface area (Å²) in [6.07, 6.45) is 0. The van der Waals surface area contributed by atoms with Gasteiger partial charge >= 0.3 is 0 Å². The number of piperazine rings is 1. The van der Waals surface area contributed by atoms with Crippen molar-refractivity contribution in [3.8, 4) is 11.1 Å². The molecule has 22 heavy (non-hydrogen) atoms. The predicted octanol–water partition coefficient (Wildman–Crippen LogP) is 3.60. The standard InChI is InChI=1S/C18H20F2N2/c1-13(22-10-8-21-9-11-22)14-2-4-15(5-3-14)17-7-6-16(19)12-18(17)20/h2-7,12-13,21H,8-11H2,1H3. The van der Waals surface area contributed by atoms with Gasteiger partial charge in [-0.25, -0.2) is 8.78 Å². The third kappa shape index (κ3) is 3.18. The van der Waals surface area contributed by atoms with Crippen LogP contribution in [0.15, 0.2) is 42.5 Å². The number of halogens is 2. The van der Waals surface area contributed by atoms with E-state index >= 15 is 0 Å². The van der Waals surface area contributed by atoms with E-state index in [4.69, 9.17) is 0 Å². The minimum absolute atomic E-state index is 0.342. The lowest BCUT2D eigenvalue weighted by atomic mass is 10.00. The van der Waals surface area contributed by atoms with Gasteiger partial charge in [0.05, 0.1) is 0 Å². The summed E-state index contributed by atoms with van der Waals surface area (Å²) >= 11 is 0. The van der Waals surface area contributed by atoms with Crippen LogP contribution in [-0.2, 0) is 0 Å². The first-order valence-electron chi connectivity index (χ1n) is 7.65. The van der Waals surface area contributed by atoms with Gasteiger partial charge in [-0.15, -0.1) is 0 Å². The fraction of sp³-hybridized carbons (Fsp3) is 0.333. The molecule has 2 nitrogen and oxygen atoms in total. The molecule has 0 aromatic heterocycles. The molecule has 1 unspecified atom stereocenters. The van der Waals surface area contributed by atoms with Crippen molar-refractivity contribution in [2.75, 3.05) is 26.2 Å². The van der Waals surface area contributed by atoms with Crippen LogP contribution in [-0.4, -0.2) is 31.1 Å². The van der Waals surface area contributed by atoms with Crippen LogP contribution in [0.3, 0.4) is 0 Å². The summed E-state index contributed by atoms with van der Waals surface area (Å²) in [7, 11) is 0. The molecular weight excluding hydrogens is 282 g/mol. The molecule has 0 aliphatic carbocycles. The summed E-state index contributed by atoms with van der Waals surface area (Å²) in [5.41, 5.74) is 2.42. The Kier molecular flexibility index (Phi) is 4.50. The van der Waals surface area contributed by atoms with Gasteiger partial charge in [-0.05, 0) is 30.2 Å². The lowest BCUT2D eigenvalue weighted by molar-refractivity contribution is 0.185. The molecule has 1 atom stereocenters. The van der Waals surface area contributed by atoms with Crippen LogP contribution in [0.25, 0.3) is 11.1 Å². The quantitative estimate of drug-likeness (QED) is 0.932.